The van der Waals surface area contributed by atoms with E-state index < -0.39 is 17.6 Å². The van der Waals surface area contributed by atoms with Gasteiger partial charge in [-0.3, -0.25) is 4.90 Å². The second-order valence-electron chi connectivity index (χ2n) is 6.59. The summed E-state index contributed by atoms with van der Waals surface area (Å²) in [5, 5.41) is 21.4. The van der Waals surface area contributed by atoms with Gasteiger partial charge in [0.25, 0.3) is 0 Å². The van der Waals surface area contributed by atoms with Gasteiger partial charge < -0.3 is 20.4 Å². The predicted octanol–water partition coefficient (Wildman–Crippen LogP) is 0.194. The molecule has 2 amide bonds. The molecule has 1 atom stereocenters. The standard InChI is InChI=1S/C14H27N3O4/c1-10(2)11(12(18)19)15-13(20)17-7-5-16(6-8-17)9-14(3,4)21/h10-11,21H,5-9H2,1-4H3,(H,15,20)(H,18,19)/t11-/m0/s1. The number of rotatable bonds is 5. The number of hydrogen-bond donors (Lipinski definition) is 3. The van der Waals surface area contributed by atoms with Gasteiger partial charge in [0, 0.05) is 32.7 Å². The van der Waals surface area contributed by atoms with Gasteiger partial charge in [0.15, 0.2) is 0 Å². The Balaban J connectivity index is 2.46. The summed E-state index contributed by atoms with van der Waals surface area (Å²) in [5.74, 6) is -1.18. The van der Waals surface area contributed by atoms with Gasteiger partial charge in [-0.1, -0.05) is 13.8 Å². The van der Waals surface area contributed by atoms with E-state index in [1.807, 2.05) is 0 Å². The molecule has 1 aliphatic heterocycles. The van der Waals surface area contributed by atoms with Gasteiger partial charge in [-0.15, -0.1) is 0 Å². The third-order valence-corrected chi connectivity index (χ3v) is 3.48. The largest absolute Gasteiger partial charge is 0.480 e. The Morgan fingerprint density at radius 1 is 1.19 bits per heavy atom. The summed E-state index contributed by atoms with van der Waals surface area (Å²) in [6.45, 7) is 10.0. The Kier molecular flexibility index (Phi) is 5.98. The quantitative estimate of drug-likeness (QED) is 0.674. The number of aliphatic carboxylic acids is 1. The van der Waals surface area contributed by atoms with E-state index in [1.165, 1.54) is 0 Å². The number of β-amino-alcohol motifs (C(OH)–C–C–N with tert-alkyl or cyclic N) is 1. The Morgan fingerprint density at radius 2 is 1.71 bits per heavy atom. The highest BCUT2D eigenvalue weighted by molar-refractivity contribution is 5.82. The molecule has 0 aromatic carbocycles. The lowest BCUT2D eigenvalue weighted by molar-refractivity contribution is -0.140. The molecule has 0 aromatic heterocycles. The number of nitrogens with one attached hydrogen (secondary N) is 1. The van der Waals surface area contributed by atoms with Crippen LogP contribution in [0.5, 0.6) is 0 Å². The second kappa shape index (κ2) is 7.09. The summed E-state index contributed by atoms with van der Waals surface area (Å²) in [5.41, 5.74) is -0.753. The zero-order chi connectivity index (χ0) is 16.2. The van der Waals surface area contributed by atoms with Crippen LogP contribution in [0, 0.1) is 5.92 Å². The topological polar surface area (TPSA) is 93.1 Å². The molecule has 1 heterocycles. The molecular formula is C14H27N3O4. The smallest absolute Gasteiger partial charge is 0.326 e. The second-order valence-corrected chi connectivity index (χ2v) is 6.59. The number of carboxylic acids is 1. The number of urea groups is 1. The highest BCUT2D eigenvalue weighted by Crippen LogP contribution is 2.09. The van der Waals surface area contributed by atoms with Crippen molar-refractivity contribution in [3.05, 3.63) is 0 Å². The van der Waals surface area contributed by atoms with Crippen molar-refractivity contribution < 1.29 is 19.8 Å². The van der Waals surface area contributed by atoms with Crippen LogP contribution in [-0.4, -0.2) is 76.4 Å². The normalized spacial score (nSPS) is 18.7. The van der Waals surface area contributed by atoms with Crippen LogP contribution in [0.4, 0.5) is 4.79 Å². The third kappa shape index (κ3) is 5.89. The highest BCUT2D eigenvalue weighted by atomic mass is 16.4. The molecule has 7 heteroatoms. The van der Waals surface area contributed by atoms with Crippen LogP contribution in [0.1, 0.15) is 27.7 Å². The maximum Gasteiger partial charge on any atom is 0.326 e. The van der Waals surface area contributed by atoms with Crippen molar-refractivity contribution in [1.82, 2.24) is 15.1 Å². The fraction of sp³-hybridized carbons (Fsp3) is 0.857. The first-order valence-corrected chi connectivity index (χ1v) is 7.33. The summed E-state index contributed by atoms with van der Waals surface area (Å²) in [7, 11) is 0. The van der Waals surface area contributed by atoms with Crippen molar-refractivity contribution in [2.24, 2.45) is 5.92 Å². The molecule has 1 rings (SSSR count). The molecule has 0 bridgehead atoms. The van der Waals surface area contributed by atoms with Crippen molar-refractivity contribution in [1.29, 1.82) is 0 Å². The molecule has 1 saturated heterocycles. The van der Waals surface area contributed by atoms with Crippen LogP contribution in [-0.2, 0) is 4.79 Å². The summed E-state index contributed by atoms with van der Waals surface area (Å²) < 4.78 is 0. The average molecular weight is 301 g/mol. The van der Waals surface area contributed by atoms with Crippen LogP contribution in [0.15, 0.2) is 0 Å². The number of piperazine rings is 1. The molecule has 0 aliphatic carbocycles. The van der Waals surface area contributed by atoms with Gasteiger partial charge in [0.05, 0.1) is 5.60 Å². The Labute approximate surface area is 125 Å². The van der Waals surface area contributed by atoms with Crippen molar-refractivity contribution in [2.45, 2.75) is 39.3 Å². The van der Waals surface area contributed by atoms with E-state index >= 15 is 0 Å². The maximum atomic E-state index is 12.1. The lowest BCUT2D eigenvalue weighted by Crippen LogP contribution is -2.56. The first-order valence-electron chi connectivity index (χ1n) is 7.33. The Morgan fingerprint density at radius 3 is 2.10 bits per heavy atom. The van der Waals surface area contributed by atoms with Gasteiger partial charge >= 0.3 is 12.0 Å². The molecule has 0 radical (unpaired) electrons. The average Bonchev–Trinajstić information content (AvgIpc) is 2.33. The number of hydrogen-bond acceptors (Lipinski definition) is 4. The van der Waals surface area contributed by atoms with E-state index in [0.717, 1.165) is 0 Å². The predicted molar refractivity (Wildman–Crippen MR) is 79.1 cm³/mol. The summed E-state index contributed by atoms with van der Waals surface area (Å²) >= 11 is 0. The Hall–Kier alpha value is -1.34. The third-order valence-electron chi connectivity index (χ3n) is 3.48. The number of amides is 2. The molecule has 1 fully saturated rings. The zero-order valence-corrected chi connectivity index (χ0v) is 13.3. The van der Waals surface area contributed by atoms with Gasteiger partial charge in [-0.25, -0.2) is 9.59 Å². The minimum atomic E-state index is -1.01. The SMILES string of the molecule is CC(C)[C@H](NC(=O)N1CCN(CC(C)(C)O)CC1)C(=O)O. The molecule has 0 spiro atoms. The van der Waals surface area contributed by atoms with Crippen LogP contribution >= 0.6 is 0 Å². The number of carboxylic acid groups (broad SMARTS) is 1. The summed E-state index contributed by atoms with van der Waals surface area (Å²) in [6, 6.07) is -1.20. The van der Waals surface area contributed by atoms with Gasteiger partial charge in [0.1, 0.15) is 6.04 Å². The van der Waals surface area contributed by atoms with Crippen molar-refractivity contribution in [3.63, 3.8) is 0 Å². The van der Waals surface area contributed by atoms with Crippen molar-refractivity contribution >= 4 is 12.0 Å². The van der Waals surface area contributed by atoms with E-state index in [1.54, 1.807) is 32.6 Å². The summed E-state index contributed by atoms with van der Waals surface area (Å²) in [6.07, 6.45) is 0. The number of carbonyl (C=O) groups excluding carboxylic acids is 1. The monoisotopic (exact) mass is 301 g/mol. The first-order chi connectivity index (χ1) is 9.60. The maximum absolute atomic E-state index is 12.1. The molecular weight excluding hydrogens is 274 g/mol. The minimum Gasteiger partial charge on any atom is -0.480 e. The molecule has 7 nitrogen and oxygen atoms in total. The van der Waals surface area contributed by atoms with Gasteiger partial charge in [-0.2, -0.15) is 0 Å². The van der Waals surface area contributed by atoms with Crippen molar-refractivity contribution in [3.8, 4) is 0 Å². The molecule has 21 heavy (non-hydrogen) atoms. The Bertz CT molecular complexity index is 371. The fourth-order valence-electron chi connectivity index (χ4n) is 2.39. The first kappa shape index (κ1) is 17.7. The fourth-order valence-corrected chi connectivity index (χ4v) is 2.39. The molecule has 3 N–H and O–H groups in total. The van der Waals surface area contributed by atoms with Crippen LogP contribution in [0.3, 0.4) is 0 Å². The number of nitrogens with zero attached hydrogens (tertiary/aromatic N) is 2. The molecule has 1 aliphatic rings. The van der Waals surface area contributed by atoms with E-state index in [4.69, 9.17) is 5.11 Å². The lowest BCUT2D eigenvalue weighted by Gasteiger charge is -2.37. The van der Waals surface area contributed by atoms with Gasteiger partial charge in [-0.05, 0) is 19.8 Å². The van der Waals surface area contributed by atoms with E-state index in [0.29, 0.717) is 32.7 Å². The van der Waals surface area contributed by atoms with Crippen LogP contribution < -0.4 is 5.32 Å². The van der Waals surface area contributed by atoms with E-state index in [-0.39, 0.29) is 11.9 Å². The molecule has 0 unspecified atom stereocenters. The molecule has 0 aromatic rings. The molecule has 122 valence electrons. The number of aliphatic hydroxyl groups is 1. The minimum absolute atomic E-state index is 0.164. The van der Waals surface area contributed by atoms with Crippen LogP contribution in [0.2, 0.25) is 0 Å². The van der Waals surface area contributed by atoms with Crippen LogP contribution in [0.25, 0.3) is 0 Å². The number of carbonyl (C=O) groups is 2. The van der Waals surface area contributed by atoms with Crippen molar-refractivity contribution in [2.75, 3.05) is 32.7 Å². The van der Waals surface area contributed by atoms with Gasteiger partial charge in [0.2, 0.25) is 0 Å². The van der Waals surface area contributed by atoms with E-state index in [9.17, 15) is 14.7 Å². The lowest BCUT2D eigenvalue weighted by atomic mass is 10.1. The molecule has 0 saturated carbocycles. The zero-order valence-electron chi connectivity index (χ0n) is 13.3. The van der Waals surface area contributed by atoms with E-state index in [2.05, 4.69) is 10.2 Å². The summed E-state index contributed by atoms with van der Waals surface area (Å²) in [4.78, 5) is 26.9. The highest BCUT2D eigenvalue weighted by Gasteiger charge is 2.28.